The molecular weight excluding hydrogens is 148 g/mol. The molecule has 0 N–H and O–H groups in total. The topological polar surface area (TPSA) is 25.8 Å². The summed E-state index contributed by atoms with van der Waals surface area (Å²) >= 11 is 5.57. The second-order valence-electron chi connectivity index (χ2n) is 2.05. The number of allylic oxidation sites excluding steroid dienone is 1. The predicted molar refractivity (Wildman–Crippen MR) is 41.8 cm³/mol. The van der Waals surface area contributed by atoms with Gasteiger partial charge in [-0.2, -0.15) is 5.10 Å². The van der Waals surface area contributed by atoms with E-state index in [1.54, 1.807) is 12.3 Å². The summed E-state index contributed by atoms with van der Waals surface area (Å²) in [6.07, 6.45) is 1.63. The van der Waals surface area contributed by atoms with E-state index in [2.05, 4.69) is 16.8 Å². The molecule has 0 saturated heterocycles. The van der Waals surface area contributed by atoms with Gasteiger partial charge in [0.25, 0.3) is 0 Å². The zero-order chi connectivity index (χ0) is 7.56. The first kappa shape index (κ1) is 7.22. The maximum Gasteiger partial charge on any atom is 0.152 e. The van der Waals surface area contributed by atoms with Crippen molar-refractivity contribution in [2.24, 2.45) is 0 Å². The predicted octanol–water partition coefficient (Wildman–Crippen LogP) is 2.16. The lowest BCUT2D eigenvalue weighted by molar-refractivity contribution is 1.02. The first-order valence-electron chi connectivity index (χ1n) is 2.84. The van der Waals surface area contributed by atoms with Crippen LogP contribution in [0.5, 0.6) is 0 Å². The van der Waals surface area contributed by atoms with Crippen molar-refractivity contribution in [2.45, 2.75) is 6.92 Å². The number of hydrogen-bond acceptors (Lipinski definition) is 2. The molecule has 0 aliphatic heterocycles. The maximum absolute atomic E-state index is 5.57. The summed E-state index contributed by atoms with van der Waals surface area (Å²) in [7, 11) is 0. The minimum atomic E-state index is 0.403. The molecule has 1 aromatic heterocycles. The van der Waals surface area contributed by atoms with Crippen molar-refractivity contribution in [1.82, 2.24) is 10.2 Å². The first-order chi connectivity index (χ1) is 4.70. The Bertz CT molecular complexity index is 258. The number of hydrogen-bond donors (Lipinski definition) is 0. The van der Waals surface area contributed by atoms with Gasteiger partial charge in [0, 0.05) is 5.56 Å². The molecule has 0 aromatic carbocycles. The van der Waals surface area contributed by atoms with Gasteiger partial charge in [0.1, 0.15) is 0 Å². The number of halogens is 1. The summed E-state index contributed by atoms with van der Waals surface area (Å²) in [6, 6.07) is 1.73. The van der Waals surface area contributed by atoms with Crippen LogP contribution >= 0.6 is 11.6 Å². The van der Waals surface area contributed by atoms with Crippen molar-refractivity contribution in [3.8, 4) is 0 Å². The third kappa shape index (κ3) is 1.54. The van der Waals surface area contributed by atoms with Crippen LogP contribution in [-0.2, 0) is 0 Å². The van der Waals surface area contributed by atoms with Gasteiger partial charge in [-0.25, -0.2) is 0 Å². The van der Waals surface area contributed by atoms with Gasteiger partial charge in [0.15, 0.2) is 5.15 Å². The van der Waals surface area contributed by atoms with E-state index >= 15 is 0 Å². The van der Waals surface area contributed by atoms with Crippen LogP contribution in [0, 0.1) is 0 Å². The minimum absolute atomic E-state index is 0.403. The molecular formula is C7H7ClN2. The zero-order valence-electron chi connectivity index (χ0n) is 5.63. The molecule has 0 spiro atoms. The van der Waals surface area contributed by atoms with E-state index in [1.807, 2.05) is 6.92 Å². The highest BCUT2D eigenvalue weighted by Crippen LogP contribution is 2.12. The number of rotatable bonds is 1. The third-order valence-corrected chi connectivity index (χ3v) is 1.30. The van der Waals surface area contributed by atoms with Crippen molar-refractivity contribution < 1.29 is 0 Å². The van der Waals surface area contributed by atoms with Crippen LogP contribution in [0.3, 0.4) is 0 Å². The molecule has 0 radical (unpaired) electrons. The van der Waals surface area contributed by atoms with Crippen molar-refractivity contribution in [1.29, 1.82) is 0 Å². The van der Waals surface area contributed by atoms with Gasteiger partial charge in [-0.3, -0.25) is 0 Å². The normalized spacial score (nSPS) is 9.40. The molecule has 0 atom stereocenters. The van der Waals surface area contributed by atoms with E-state index < -0.39 is 0 Å². The zero-order valence-corrected chi connectivity index (χ0v) is 6.39. The van der Waals surface area contributed by atoms with Crippen LogP contribution < -0.4 is 0 Å². The van der Waals surface area contributed by atoms with Crippen LogP contribution in [0.15, 0.2) is 18.8 Å². The SMILES string of the molecule is C=C(C)c1cnnc(Cl)c1. The number of aromatic nitrogens is 2. The molecule has 1 heterocycles. The standard InChI is InChI=1S/C7H7ClN2/c1-5(2)6-3-7(8)10-9-4-6/h3-4H,1H2,2H3. The van der Waals surface area contributed by atoms with Crippen molar-refractivity contribution in [3.63, 3.8) is 0 Å². The average Bonchev–Trinajstić information content (AvgIpc) is 1.88. The van der Waals surface area contributed by atoms with E-state index in [4.69, 9.17) is 11.6 Å². The lowest BCUT2D eigenvalue weighted by Crippen LogP contribution is -1.84. The molecule has 1 aromatic rings. The summed E-state index contributed by atoms with van der Waals surface area (Å²) in [5, 5.41) is 7.66. The van der Waals surface area contributed by atoms with E-state index in [-0.39, 0.29) is 0 Å². The lowest BCUT2D eigenvalue weighted by atomic mass is 10.2. The van der Waals surface area contributed by atoms with E-state index in [9.17, 15) is 0 Å². The molecule has 0 aliphatic rings. The second-order valence-corrected chi connectivity index (χ2v) is 2.43. The Morgan fingerprint density at radius 3 is 2.80 bits per heavy atom. The number of nitrogens with zero attached hydrogens (tertiary/aromatic N) is 2. The summed E-state index contributed by atoms with van der Waals surface area (Å²) in [5.41, 5.74) is 1.87. The summed E-state index contributed by atoms with van der Waals surface area (Å²) in [5.74, 6) is 0. The molecule has 0 bridgehead atoms. The largest absolute Gasteiger partial charge is 0.157 e. The van der Waals surface area contributed by atoms with E-state index in [0.717, 1.165) is 11.1 Å². The van der Waals surface area contributed by atoms with Gasteiger partial charge in [0.2, 0.25) is 0 Å². The molecule has 0 saturated carbocycles. The fraction of sp³-hybridized carbons (Fsp3) is 0.143. The fourth-order valence-electron chi connectivity index (χ4n) is 0.574. The van der Waals surface area contributed by atoms with Crippen LogP contribution in [-0.4, -0.2) is 10.2 Å². The molecule has 52 valence electrons. The minimum Gasteiger partial charge on any atom is -0.157 e. The Morgan fingerprint density at radius 1 is 1.70 bits per heavy atom. The first-order valence-corrected chi connectivity index (χ1v) is 3.22. The van der Waals surface area contributed by atoms with Gasteiger partial charge in [-0.15, -0.1) is 5.10 Å². The van der Waals surface area contributed by atoms with Gasteiger partial charge in [-0.1, -0.05) is 18.2 Å². The highest BCUT2D eigenvalue weighted by atomic mass is 35.5. The molecule has 0 aliphatic carbocycles. The third-order valence-electron chi connectivity index (χ3n) is 1.12. The molecule has 0 amide bonds. The van der Waals surface area contributed by atoms with Gasteiger partial charge in [-0.05, 0) is 18.6 Å². The van der Waals surface area contributed by atoms with E-state index in [0.29, 0.717) is 5.15 Å². The van der Waals surface area contributed by atoms with Crippen LogP contribution in [0.25, 0.3) is 5.57 Å². The highest BCUT2D eigenvalue weighted by Gasteiger charge is 1.94. The monoisotopic (exact) mass is 154 g/mol. The second kappa shape index (κ2) is 2.80. The van der Waals surface area contributed by atoms with Crippen molar-refractivity contribution in [2.75, 3.05) is 0 Å². The van der Waals surface area contributed by atoms with Crippen LogP contribution in [0.2, 0.25) is 5.15 Å². The molecule has 0 fully saturated rings. The smallest absolute Gasteiger partial charge is 0.152 e. The summed E-state index contributed by atoms with van der Waals surface area (Å²) in [4.78, 5) is 0. The van der Waals surface area contributed by atoms with Crippen LogP contribution in [0.1, 0.15) is 12.5 Å². The Morgan fingerprint density at radius 2 is 2.40 bits per heavy atom. The van der Waals surface area contributed by atoms with Crippen LogP contribution in [0.4, 0.5) is 0 Å². The summed E-state index contributed by atoms with van der Waals surface area (Å²) < 4.78 is 0. The lowest BCUT2D eigenvalue weighted by Gasteiger charge is -1.95. The van der Waals surface area contributed by atoms with E-state index in [1.165, 1.54) is 0 Å². The molecule has 0 unspecified atom stereocenters. The van der Waals surface area contributed by atoms with Gasteiger partial charge < -0.3 is 0 Å². The fourth-order valence-corrected chi connectivity index (χ4v) is 0.735. The average molecular weight is 155 g/mol. The summed E-state index contributed by atoms with van der Waals surface area (Å²) in [6.45, 7) is 5.64. The van der Waals surface area contributed by atoms with Crippen molar-refractivity contribution >= 4 is 17.2 Å². The Hall–Kier alpha value is -0.890. The highest BCUT2D eigenvalue weighted by molar-refractivity contribution is 6.29. The van der Waals surface area contributed by atoms with Gasteiger partial charge in [0.05, 0.1) is 6.20 Å². The van der Waals surface area contributed by atoms with Gasteiger partial charge >= 0.3 is 0 Å². The quantitative estimate of drug-likeness (QED) is 0.620. The Labute approximate surface area is 64.5 Å². The maximum atomic E-state index is 5.57. The Balaban J connectivity index is 3.07. The van der Waals surface area contributed by atoms with Crippen molar-refractivity contribution in [3.05, 3.63) is 29.6 Å². The molecule has 1 rings (SSSR count). The molecule has 2 nitrogen and oxygen atoms in total. The Kier molecular flexibility index (Phi) is 2.02. The molecule has 3 heteroatoms. The molecule has 10 heavy (non-hydrogen) atoms.